The van der Waals surface area contributed by atoms with Gasteiger partial charge < -0.3 is 15.8 Å². The Bertz CT molecular complexity index is 1020. The second-order valence-electron chi connectivity index (χ2n) is 8.18. The van der Waals surface area contributed by atoms with Crippen molar-refractivity contribution in [3.8, 4) is 17.0 Å². The van der Waals surface area contributed by atoms with Crippen LogP contribution in [0, 0.1) is 0 Å². The predicted molar refractivity (Wildman–Crippen MR) is 129 cm³/mol. The summed E-state index contributed by atoms with van der Waals surface area (Å²) in [6, 6.07) is 17.2. The maximum Gasteiger partial charge on any atom is 0.128 e. The van der Waals surface area contributed by atoms with E-state index in [0.29, 0.717) is 6.54 Å². The molecule has 1 heterocycles. The van der Waals surface area contributed by atoms with Gasteiger partial charge in [-0.25, -0.2) is 0 Å². The number of nitrogens with zero attached hydrogens (tertiary/aromatic N) is 1. The molecule has 1 unspecified atom stereocenters. The largest absolute Gasteiger partial charge is 0.496 e. The van der Waals surface area contributed by atoms with Gasteiger partial charge in [-0.1, -0.05) is 50.2 Å². The lowest BCUT2D eigenvalue weighted by atomic mass is 9.88. The summed E-state index contributed by atoms with van der Waals surface area (Å²) in [5.74, 6) is 0.926. The number of methoxy groups -OCH3 is 1. The molecular weight excluding hydrogens is 382 g/mol. The lowest BCUT2D eigenvalue weighted by Gasteiger charge is -2.30. The SMILES string of the molecule is CCc1cccc(CC)c1-c1cc(OC)c2c(n1)CCCC2Nc1ccccc1CN. The van der Waals surface area contributed by atoms with Crippen LogP contribution in [-0.2, 0) is 25.8 Å². The number of benzene rings is 2. The van der Waals surface area contributed by atoms with Gasteiger partial charge in [-0.3, -0.25) is 4.98 Å². The zero-order chi connectivity index (χ0) is 21.8. The first kappa shape index (κ1) is 21.4. The highest BCUT2D eigenvalue weighted by atomic mass is 16.5. The molecule has 3 aromatic rings. The van der Waals surface area contributed by atoms with E-state index < -0.39 is 0 Å². The van der Waals surface area contributed by atoms with Gasteiger partial charge in [-0.05, 0) is 54.9 Å². The van der Waals surface area contributed by atoms with Crippen molar-refractivity contribution in [2.75, 3.05) is 12.4 Å². The van der Waals surface area contributed by atoms with Gasteiger partial charge >= 0.3 is 0 Å². The van der Waals surface area contributed by atoms with Crippen molar-refractivity contribution in [3.05, 3.63) is 76.5 Å². The fraction of sp³-hybridized carbons (Fsp3) is 0.370. The van der Waals surface area contributed by atoms with E-state index in [1.165, 1.54) is 22.3 Å². The fourth-order valence-corrected chi connectivity index (χ4v) is 4.80. The molecule has 3 N–H and O–H groups in total. The Kier molecular flexibility index (Phi) is 6.57. The van der Waals surface area contributed by atoms with Gasteiger partial charge in [-0.2, -0.15) is 0 Å². The van der Waals surface area contributed by atoms with E-state index in [-0.39, 0.29) is 6.04 Å². The molecule has 0 saturated heterocycles. The molecule has 31 heavy (non-hydrogen) atoms. The van der Waals surface area contributed by atoms with E-state index in [2.05, 4.69) is 61.6 Å². The molecule has 1 aliphatic rings. The molecule has 4 heteroatoms. The van der Waals surface area contributed by atoms with E-state index in [4.69, 9.17) is 15.5 Å². The van der Waals surface area contributed by atoms with Gasteiger partial charge in [0.2, 0.25) is 0 Å². The number of ether oxygens (including phenoxy) is 1. The van der Waals surface area contributed by atoms with E-state index >= 15 is 0 Å². The van der Waals surface area contributed by atoms with Crippen molar-refractivity contribution in [2.24, 2.45) is 5.73 Å². The van der Waals surface area contributed by atoms with Crippen LogP contribution in [0.2, 0.25) is 0 Å². The second kappa shape index (κ2) is 9.52. The summed E-state index contributed by atoms with van der Waals surface area (Å²) in [6.45, 7) is 4.94. The molecule has 0 radical (unpaired) electrons. The molecule has 0 fully saturated rings. The number of nitrogens with one attached hydrogen (secondary N) is 1. The third kappa shape index (κ3) is 4.17. The number of aryl methyl sites for hydroxylation is 3. The molecule has 1 aromatic heterocycles. The number of fused-ring (bicyclic) bond motifs is 1. The number of rotatable bonds is 7. The number of anilines is 1. The number of nitrogens with two attached hydrogens (primary N) is 1. The van der Waals surface area contributed by atoms with Gasteiger partial charge in [0.15, 0.2) is 0 Å². The van der Waals surface area contributed by atoms with Crippen LogP contribution < -0.4 is 15.8 Å². The highest BCUT2D eigenvalue weighted by molar-refractivity contribution is 5.71. The molecule has 0 bridgehead atoms. The summed E-state index contributed by atoms with van der Waals surface area (Å²) in [4.78, 5) is 5.20. The first-order valence-electron chi connectivity index (χ1n) is 11.4. The number of pyridine rings is 1. The minimum absolute atomic E-state index is 0.167. The molecule has 0 amide bonds. The zero-order valence-electron chi connectivity index (χ0n) is 18.9. The molecule has 0 spiro atoms. The Morgan fingerprint density at radius 2 is 1.74 bits per heavy atom. The molecule has 162 valence electrons. The Morgan fingerprint density at radius 1 is 1.03 bits per heavy atom. The maximum absolute atomic E-state index is 5.97. The molecule has 0 aliphatic heterocycles. The van der Waals surface area contributed by atoms with Gasteiger partial charge in [-0.15, -0.1) is 0 Å². The van der Waals surface area contributed by atoms with Crippen LogP contribution in [0.25, 0.3) is 11.3 Å². The van der Waals surface area contributed by atoms with Crippen molar-refractivity contribution < 1.29 is 4.74 Å². The topological polar surface area (TPSA) is 60.2 Å². The second-order valence-corrected chi connectivity index (χ2v) is 8.18. The maximum atomic E-state index is 5.97. The van der Waals surface area contributed by atoms with Crippen LogP contribution in [-0.4, -0.2) is 12.1 Å². The van der Waals surface area contributed by atoms with Crippen molar-refractivity contribution in [2.45, 2.75) is 58.5 Å². The lowest BCUT2D eigenvalue weighted by Crippen LogP contribution is -2.21. The summed E-state index contributed by atoms with van der Waals surface area (Å²) in [7, 11) is 1.77. The van der Waals surface area contributed by atoms with Crippen molar-refractivity contribution in [1.82, 2.24) is 4.98 Å². The Labute approximate surface area is 185 Å². The average Bonchev–Trinajstić information content (AvgIpc) is 2.83. The molecule has 4 rings (SSSR count). The Balaban J connectivity index is 1.80. The summed E-state index contributed by atoms with van der Waals surface area (Å²) in [5, 5.41) is 3.74. The van der Waals surface area contributed by atoms with Gasteiger partial charge in [0, 0.05) is 29.4 Å². The highest BCUT2D eigenvalue weighted by Gasteiger charge is 2.27. The zero-order valence-corrected chi connectivity index (χ0v) is 18.9. The van der Waals surface area contributed by atoms with Crippen molar-refractivity contribution in [3.63, 3.8) is 0 Å². The summed E-state index contributed by atoms with van der Waals surface area (Å²) in [5.41, 5.74) is 15.5. The van der Waals surface area contributed by atoms with Crippen LogP contribution in [0.4, 0.5) is 5.69 Å². The standard InChI is InChI=1S/C27H33N3O/c1-4-18-11-8-12-19(5-2)26(18)24-16-25(31-3)27-22(14-9-15-23(27)30-24)29-21-13-7-6-10-20(21)17-28/h6-8,10-13,16,22,29H,4-5,9,14-15,17,28H2,1-3H3. The number of para-hydroxylation sites is 1. The normalized spacial score (nSPS) is 15.4. The minimum Gasteiger partial charge on any atom is -0.496 e. The van der Waals surface area contributed by atoms with E-state index in [9.17, 15) is 0 Å². The first-order chi connectivity index (χ1) is 15.2. The van der Waals surface area contributed by atoms with Crippen LogP contribution in [0.1, 0.15) is 60.7 Å². The minimum atomic E-state index is 0.167. The predicted octanol–water partition coefficient (Wildman–Crippen LogP) is 5.83. The fourth-order valence-electron chi connectivity index (χ4n) is 4.80. The van der Waals surface area contributed by atoms with E-state index in [1.54, 1.807) is 7.11 Å². The van der Waals surface area contributed by atoms with Crippen LogP contribution in [0.3, 0.4) is 0 Å². The molecule has 1 atom stereocenters. The third-order valence-electron chi connectivity index (χ3n) is 6.40. The van der Waals surface area contributed by atoms with Gasteiger partial charge in [0.05, 0.1) is 24.5 Å². The third-order valence-corrected chi connectivity index (χ3v) is 6.40. The monoisotopic (exact) mass is 415 g/mol. The highest BCUT2D eigenvalue weighted by Crippen LogP contribution is 2.41. The number of hydrogen-bond acceptors (Lipinski definition) is 4. The first-order valence-corrected chi connectivity index (χ1v) is 11.4. The summed E-state index contributed by atoms with van der Waals surface area (Å²) in [6.07, 6.45) is 5.11. The van der Waals surface area contributed by atoms with Crippen molar-refractivity contribution >= 4 is 5.69 Å². The molecule has 2 aromatic carbocycles. The quantitative estimate of drug-likeness (QED) is 0.510. The molecule has 4 nitrogen and oxygen atoms in total. The van der Waals surface area contributed by atoms with E-state index in [1.807, 2.05) is 6.07 Å². The van der Waals surface area contributed by atoms with Crippen LogP contribution in [0.5, 0.6) is 5.75 Å². The molecule has 1 aliphatic carbocycles. The molecular formula is C27H33N3O. The lowest BCUT2D eigenvalue weighted by molar-refractivity contribution is 0.400. The van der Waals surface area contributed by atoms with E-state index in [0.717, 1.165) is 60.5 Å². The number of hydrogen-bond donors (Lipinski definition) is 2. The Morgan fingerprint density at radius 3 is 2.42 bits per heavy atom. The summed E-state index contributed by atoms with van der Waals surface area (Å²) >= 11 is 0. The summed E-state index contributed by atoms with van der Waals surface area (Å²) < 4.78 is 5.94. The Hall–Kier alpha value is -2.85. The van der Waals surface area contributed by atoms with Crippen molar-refractivity contribution in [1.29, 1.82) is 0 Å². The molecule has 0 saturated carbocycles. The number of aromatic nitrogens is 1. The van der Waals surface area contributed by atoms with Gasteiger partial charge in [0.25, 0.3) is 0 Å². The van der Waals surface area contributed by atoms with Crippen LogP contribution >= 0.6 is 0 Å². The van der Waals surface area contributed by atoms with Crippen LogP contribution in [0.15, 0.2) is 48.5 Å². The van der Waals surface area contributed by atoms with Gasteiger partial charge in [0.1, 0.15) is 5.75 Å². The smallest absolute Gasteiger partial charge is 0.128 e. The average molecular weight is 416 g/mol.